The van der Waals surface area contributed by atoms with E-state index < -0.39 is 12.1 Å². The Bertz CT molecular complexity index is 763. The van der Waals surface area contributed by atoms with Crippen molar-refractivity contribution in [2.75, 3.05) is 20.1 Å². The summed E-state index contributed by atoms with van der Waals surface area (Å²) in [5.74, 6) is -2.86. The number of aliphatic carboxylic acids is 1. The average Bonchev–Trinajstić information content (AvgIpc) is 3.25. The molecule has 0 spiro atoms. The summed E-state index contributed by atoms with van der Waals surface area (Å²) in [7, 11) is 2.11. The zero-order valence-electron chi connectivity index (χ0n) is 14.3. The molecule has 0 saturated carbocycles. The van der Waals surface area contributed by atoms with Gasteiger partial charge in [0, 0.05) is 31.2 Å². The molecule has 3 heterocycles. The number of likely N-dealkylation sites (N-methyl/N-ethyl adjacent to an activating group) is 1. The molecule has 0 fully saturated rings. The predicted octanol–water partition coefficient (Wildman–Crippen LogP) is 1.78. The molecule has 27 heavy (non-hydrogen) atoms. The van der Waals surface area contributed by atoms with E-state index in [2.05, 4.69) is 38.1 Å². The van der Waals surface area contributed by atoms with Crippen LogP contribution in [0.4, 0.5) is 13.2 Å². The van der Waals surface area contributed by atoms with Crippen molar-refractivity contribution in [1.29, 1.82) is 0 Å². The number of halogens is 3. The fourth-order valence-corrected chi connectivity index (χ4v) is 3.09. The fraction of sp³-hybridized carbons (Fsp3) is 0.467. The summed E-state index contributed by atoms with van der Waals surface area (Å²) in [6.45, 7) is 2.52. The van der Waals surface area contributed by atoms with Crippen LogP contribution in [0.2, 0.25) is 0 Å². The van der Waals surface area contributed by atoms with Crippen LogP contribution in [0.15, 0.2) is 23.2 Å². The van der Waals surface area contributed by atoms with Gasteiger partial charge in [-0.3, -0.25) is 14.4 Å². The summed E-state index contributed by atoms with van der Waals surface area (Å²) in [6, 6.07) is 2.37. The molecular formula is C15H18F3N5O3S. The number of thiazole rings is 1. The zero-order valence-corrected chi connectivity index (χ0v) is 15.1. The van der Waals surface area contributed by atoms with Crippen LogP contribution >= 0.6 is 11.3 Å². The highest BCUT2D eigenvalue weighted by molar-refractivity contribution is 7.07. The summed E-state index contributed by atoms with van der Waals surface area (Å²) in [4.78, 5) is 27.0. The Morgan fingerprint density at radius 2 is 2.15 bits per heavy atom. The zero-order chi connectivity index (χ0) is 20.0. The van der Waals surface area contributed by atoms with Crippen molar-refractivity contribution < 1.29 is 27.9 Å². The Labute approximate surface area is 156 Å². The van der Waals surface area contributed by atoms with E-state index in [-0.39, 0.29) is 5.91 Å². The lowest BCUT2D eigenvalue weighted by atomic mass is 10.1. The fourth-order valence-electron chi connectivity index (χ4n) is 2.55. The smallest absolute Gasteiger partial charge is 0.475 e. The standard InChI is InChI=1S/C13H17N5OS.C2HF3O2/c1-17-6-10(18-11(7-17)3-5-16-18)2-4-14-13(19)12-8-20-9-15-12;3-2(4,5)1(6)7/h3,5,8-10H,2,4,6-7H2,1H3,(H,14,19);(H,6,7). The average molecular weight is 405 g/mol. The van der Waals surface area contributed by atoms with Gasteiger partial charge in [0.05, 0.1) is 17.2 Å². The first-order chi connectivity index (χ1) is 12.7. The molecule has 3 rings (SSSR count). The molecule has 8 nitrogen and oxygen atoms in total. The van der Waals surface area contributed by atoms with Gasteiger partial charge >= 0.3 is 12.1 Å². The number of hydrogen-bond acceptors (Lipinski definition) is 6. The van der Waals surface area contributed by atoms with Crippen LogP contribution in [0, 0.1) is 0 Å². The SMILES string of the molecule is CN1Cc2ccnn2C(CCNC(=O)c2cscn2)C1.O=C(O)C(F)(F)F. The van der Waals surface area contributed by atoms with Crippen LogP contribution in [0.3, 0.4) is 0 Å². The van der Waals surface area contributed by atoms with Gasteiger partial charge in [0.2, 0.25) is 0 Å². The van der Waals surface area contributed by atoms with Crippen molar-refractivity contribution >= 4 is 23.2 Å². The molecule has 1 amide bonds. The topological polar surface area (TPSA) is 100 Å². The third-order valence-electron chi connectivity index (χ3n) is 3.72. The molecular weight excluding hydrogens is 387 g/mol. The second-order valence-corrected chi connectivity index (χ2v) is 6.56. The highest BCUT2D eigenvalue weighted by Gasteiger charge is 2.38. The third-order valence-corrected chi connectivity index (χ3v) is 4.31. The summed E-state index contributed by atoms with van der Waals surface area (Å²) >= 11 is 1.43. The quantitative estimate of drug-likeness (QED) is 0.804. The largest absolute Gasteiger partial charge is 0.490 e. The van der Waals surface area contributed by atoms with Crippen molar-refractivity contribution in [3.63, 3.8) is 0 Å². The number of amides is 1. The van der Waals surface area contributed by atoms with Crippen LogP contribution in [0.1, 0.15) is 28.6 Å². The predicted molar refractivity (Wildman–Crippen MR) is 90.4 cm³/mol. The number of carbonyl (C=O) groups is 2. The minimum absolute atomic E-state index is 0.101. The molecule has 0 bridgehead atoms. The van der Waals surface area contributed by atoms with Gasteiger partial charge in [-0.1, -0.05) is 0 Å². The summed E-state index contributed by atoms with van der Waals surface area (Å²) in [5, 5.41) is 16.2. The van der Waals surface area contributed by atoms with Crippen LogP contribution < -0.4 is 5.32 Å². The first kappa shape index (κ1) is 20.8. The number of fused-ring (bicyclic) bond motifs is 1. The number of nitrogens with one attached hydrogen (secondary N) is 1. The summed E-state index contributed by atoms with van der Waals surface area (Å²) in [6.07, 6.45) is -2.37. The van der Waals surface area contributed by atoms with Gasteiger partial charge in [-0.25, -0.2) is 9.78 Å². The Kier molecular flexibility index (Phi) is 6.91. The lowest BCUT2D eigenvalue weighted by molar-refractivity contribution is -0.192. The Morgan fingerprint density at radius 1 is 1.44 bits per heavy atom. The molecule has 1 aliphatic heterocycles. The molecule has 0 aromatic carbocycles. The molecule has 2 N–H and O–H groups in total. The van der Waals surface area contributed by atoms with Gasteiger partial charge in [-0.2, -0.15) is 18.3 Å². The van der Waals surface area contributed by atoms with Crippen molar-refractivity contribution in [3.8, 4) is 0 Å². The number of nitrogens with zero attached hydrogens (tertiary/aromatic N) is 4. The Morgan fingerprint density at radius 3 is 2.74 bits per heavy atom. The first-order valence-electron chi connectivity index (χ1n) is 7.86. The lowest BCUT2D eigenvalue weighted by Crippen LogP contribution is -2.37. The van der Waals surface area contributed by atoms with Gasteiger partial charge < -0.3 is 10.4 Å². The molecule has 1 aliphatic rings. The number of carboxylic acids is 1. The van der Waals surface area contributed by atoms with E-state index in [1.165, 1.54) is 17.0 Å². The van der Waals surface area contributed by atoms with E-state index in [4.69, 9.17) is 9.90 Å². The first-order valence-corrected chi connectivity index (χ1v) is 8.80. The molecule has 0 saturated heterocycles. The highest BCUT2D eigenvalue weighted by Crippen LogP contribution is 2.21. The number of hydrogen-bond donors (Lipinski definition) is 2. The van der Waals surface area contributed by atoms with Crippen molar-refractivity contribution in [1.82, 2.24) is 25.0 Å². The molecule has 148 valence electrons. The molecule has 0 aliphatic carbocycles. The summed E-state index contributed by atoms with van der Waals surface area (Å²) in [5.41, 5.74) is 3.39. The van der Waals surface area contributed by atoms with Gasteiger partial charge in [0.15, 0.2) is 0 Å². The Balaban J connectivity index is 0.000000321. The molecule has 2 aromatic rings. The number of carboxylic acid groups (broad SMARTS) is 1. The number of aromatic nitrogens is 3. The number of carbonyl (C=O) groups excluding carboxylic acids is 1. The van der Waals surface area contributed by atoms with Crippen LogP contribution in [-0.2, 0) is 11.3 Å². The maximum atomic E-state index is 11.8. The normalized spacial score (nSPS) is 16.8. The third kappa shape index (κ3) is 6.03. The van der Waals surface area contributed by atoms with Crippen LogP contribution in [0.25, 0.3) is 0 Å². The van der Waals surface area contributed by atoms with E-state index in [9.17, 15) is 18.0 Å². The monoisotopic (exact) mass is 405 g/mol. The second kappa shape index (κ2) is 8.95. The maximum absolute atomic E-state index is 11.8. The molecule has 2 aromatic heterocycles. The Hall–Kier alpha value is -2.47. The van der Waals surface area contributed by atoms with Gasteiger partial charge in [-0.05, 0) is 19.5 Å². The lowest BCUT2D eigenvalue weighted by Gasteiger charge is -2.31. The molecule has 1 atom stereocenters. The van der Waals surface area contributed by atoms with E-state index >= 15 is 0 Å². The van der Waals surface area contributed by atoms with E-state index in [1.807, 2.05) is 6.20 Å². The van der Waals surface area contributed by atoms with E-state index in [0.29, 0.717) is 18.3 Å². The maximum Gasteiger partial charge on any atom is 0.490 e. The van der Waals surface area contributed by atoms with E-state index in [1.54, 1.807) is 10.9 Å². The molecule has 12 heteroatoms. The minimum Gasteiger partial charge on any atom is -0.475 e. The minimum atomic E-state index is -5.08. The van der Waals surface area contributed by atoms with E-state index in [0.717, 1.165) is 19.5 Å². The van der Waals surface area contributed by atoms with Gasteiger partial charge in [-0.15, -0.1) is 11.3 Å². The highest BCUT2D eigenvalue weighted by atomic mass is 32.1. The number of alkyl halides is 3. The van der Waals surface area contributed by atoms with Crippen LogP contribution in [-0.4, -0.2) is 63.0 Å². The van der Waals surface area contributed by atoms with Crippen molar-refractivity contribution in [3.05, 3.63) is 34.5 Å². The number of rotatable bonds is 4. The van der Waals surface area contributed by atoms with Gasteiger partial charge in [0.25, 0.3) is 5.91 Å². The van der Waals surface area contributed by atoms with Gasteiger partial charge in [0.1, 0.15) is 5.69 Å². The second-order valence-electron chi connectivity index (χ2n) is 5.84. The van der Waals surface area contributed by atoms with Crippen LogP contribution in [0.5, 0.6) is 0 Å². The summed E-state index contributed by atoms with van der Waals surface area (Å²) < 4.78 is 33.8. The molecule has 0 radical (unpaired) electrons. The van der Waals surface area contributed by atoms with Crippen molar-refractivity contribution in [2.45, 2.75) is 25.2 Å². The molecule has 1 unspecified atom stereocenters. The van der Waals surface area contributed by atoms with Crippen molar-refractivity contribution in [2.24, 2.45) is 0 Å².